The van der Waals surface area contributed by atoms with Crippen LogP contribution in [0.2, 0.25) is 0 Å². The molecule has 84 valence electrons. The Morgan fingerprint density at radius 3 is 2.69 bits per heavy atom. The number of benzene rings is 1. The van der Waals surface area contributed by atoms with E-state index < -0.39 is 0 Å². The van der Waals surface area contributed by atoms with Gasteiger partial charge in [0.05, 0.1) is 4.91 Å². The van der Waals surface area contributed by atoms with Crippen molar-refractivity contribution in [1.29, 1.82) is 0 Å². The van der Waals surface area contributed by atoms with Crippen LogP contribution in [0, 0.1) is 3.57 Å². The summed E-state index contributed by atoms with van der Waals surface area (Å²) in [6.45, 7) is 2.08. The van der Waals surface area contributed by atoms with Gasteiger partial charge >= 0.3 is 0 Å². The molecule has 0 aromatic heterocycles. The monoisotopic (exact) mass is 344 g/mol. The van der Waals surface area contributed by atoms with Gasteiger partial charge in [0.25, 0.3) is 0 Å². The SMILES string of the molecule is CC1=C(Sc2ccccc2I)C(=O)CCC1. The molecule has 0 saturated heterocycles. The zero-order valence-corrected chi connectivity index (χ0v) is 12.1. The molecule has 1 aromatic rings. The average molecular weight is 344 g/mol. The number of halogens is 1. The molecule has 3 heteroatoms. The Morgan fingerprint density at radius 2 is 2.00 bits per heavy atom. The van der Waals surface area contributed by atoms with Crippen molar-refractivity contribution >= 4 is 40.1 Å². The molecule has 1 aliphatic rings. The molecule has 0 fully saturated rings. The standard InChI is InChI=1S/C13H13IOS/c1-9-5-4-7-11(15)13(9)16-12-8-3-2-6-10(12)14/h2-3,6,8H,4-5,7H2,1H3. The molecule has 0 spiro atoms. The second kappa shape index (κ2) is 5.36. The minimum Gasteiger partial charge on any atom is -0.294 e. The molecule has 0 N–H and O–H groups in total. The molecule has 0 saturated carbocycles. The third-order valence-corrected chi connectivity index (χ3v) is 5.31. The molecule has 0 bridgehead atoms. The van der Waals surface area contributed by atoms with Crippen LogP contribution in [-0.2, 0) is 4.79 Å². The number of hydrogen-bond acceptors (Lipinski definition) is 2. The van der Waals surface area contributed by atoms with Gasteiger partial charge in [-0.1, -0.05) is 29.5 Å². The number of thioether (sulfide) groups is 1. The predicted molar refractivity (Wildman–Crippen MR) is 76.6 cm³/mol. The van der Waals surface area contributed by atoms with E-state index in [1.54, 1.807) is 11.8 Å². The largest absolute Gasteiger partial charge is 0.294 e. The number of rotatable bonds is 2. The highest BCUT2D eigenvalue weighted by atomic mass is 127. The van der Waals surface area contributed by atoms with Gasteiger partial charge in [-0.25, -0.2) is 0 Å². The second-order valence-electron chi connectivity index (χ2n) is 3.92. The summed E-state index contributed by atoms with van der Waals surface area (Å²) in [5.74, 6) is 0.313. The van der Waals surface area contributed by atoms with E-state index in [1.165, 1.54) is 14.0 Å². The average Bonchev–Trinajstić information content (AvgIpc) is 2.26. The Hall–Kier alpha value is -0.290. The summed E-state index contributed by atoms with van der Waals surface area (Å²) < 4.78 is 1.21. The molecule has 1 aliphatic carbocycles. The fourth-order valence-corrected chi connectivity index (χ4v) is 3.50. The highest BCUT2D eigenvalue weighted by molar-refractivity contribution is 14.1. The van der Waals surface area contributed by atoms with Gasteiger partial charge < -0.3 is 0 Å². The summed E-state index contributed by atoms with van der Waals surface area (Å²) in [6.07, 6.45) is 2.79. The number of allylic oxidation sites excluding steroid dienone is 2. The van der Waals surface area contributed by atoms with Crippen LogP contribution in [-0.4, -0.2) is 5.78 Å². The lowest BCUT2D eigenvalue weighted by molar-refractivity contribution is -0.115. The molecule has 1 nitrogen and oxygen atoms in total. The van der Waals surface area contributed by atoms with Crippen molar-refractivity contribution in [1.82, 2.24) is 0 Å². The third-order valence-electron chi connectivity index (χ3n) is 2.65. The van der Waals surface area contributed by atoms with Crippen LogP contribution in [0.4, 0.5) is 0 Å². The topological polar surface area (TPSA) is 17.1 Å². The molecule has 16 heavy (non-hydrogen) atoms. The first-order valence-electron chi connectivity index (χ1n) is 5.34. The van der Waals surface area contributed by atoms with Gasteiger partial charge in [-0.15, -0.1) is 0 Å². The van der Waals surface area contributed by atoms with Crippen molar-refractivity contribution in [3.63, 3.8) is 0 Å². The van der Waals surface area contributed by atoms with Crippen molar-refractivity contribution < 1.29 is 4.79 Å². The van der Waals surface area contributed by atoms with Crippen LogP contribution in [0.3, 0.4) is 0 Å². The number of Topliss-reactive ketones (excluding diaryl/α,β-unsaturated/α-hetero) is 1. The number of hydrogen-bond donors (Lipinski definition) is 0. The van der Waals surface area contributed by atoms with Crippen molar-refractivity contribution in [2.24, 2.45) is 0 Å². The Labute approximate surface area is 114 Å². The lowest BCUT2D eigenvalue weighted by Gasteiger charge is -2.16. The summed E-state index contributed by atoms with van der Waals surface area (Å²) in [5, 5.41) is 0. The second-order valence-corrected chi connectivity index (χ2v) is 6.13. The first kappa shape index (κ1) is 12.2. The van der Waals surface area contributed by atoms with Gasteiger partial charge in [-0.3, -0.25) is 4.79 Å². The van der Waals surface area contributed by atoms with Crippen molar-refractivity contribution in [3.05, 3.63) is 38.3 Å². The van der Waals surface area contributed by atoms with Gasteiger partial charge in [-0.2, -0.15) is 0 Å². The third kappa shape index (κ3) is 2.69. The van der Waals surface area contributed by atoms with E-state index in [9.17, 15) is 4.79 Å². The van der Waals surface area contributed by atoms with Crippen LogP contribution in [0.5, 0.6) is 0 Å². The minimum atomic E-state index is 0.313. The zero-order chi connectivity index (χ0) is 11.5. The van der Waals surface area contributed by atoms with Gasteiger partial charge in [0.1, 0.15) is 0 Å². The Balaban J connectivity index is 2.27. The van der Waals surface area contributed by atoms with E-state index in [0.29, 0.717) is 12.2 Å². The molecule has 0 amide bonds. The van der Waals surface area contributed by atoms with Crippen molar-refractivity contribution in [2.75, 3.05) is 0 Å². The first-order chi connectivity index (χ1) is 7.68. The fraction of sp³-hybridized carbons (Fsp3) is 0.308. The molecule has 0 atom stereocenters. The summed E-state index contributed by atoms with van der Waals surface area (Å²) in [5.41, 5.74) is 1.25. The van der Waals surface area contributed by atoms with Gasteiger partial charge in [0.2, 0.25) is 0 Å². The minimum absolute atomic E-state index is 0.313. The van der Waals surface area contributed by atoms with E-state index >= 15 is 0 Å². The Kier molecular flexibility index (Phi) is 4.08. The maximum absolute atomic E-state index is 11.8. The maximum Gasteiger partial charge on any atom is 0.169 e. The Bertz CT molecular complexity index is 451. The molecule has 0 unspecified atom stereocenters. The number of carbonyl (C=O) groups excluding carboxylic acids is 1. The molecular formula is C13H13IOS. The quantitative estimate of drug-likeness (QED) is 0.740. The van der Waals surface area contributed by atoms with E-state index in [0.717, 1.165) is 17.7 Å². The van der Waals surface area contributed by atoms with E-state index in [4.69, 9.17) is 0 Å². The van der Waals surface area contributed by atoms with E-state index in [1.807, 2.05) is 12.1 Å². The maximum atomic E-state index is 11.8. The van der Waals surface area contributed by atoms with Crippen molar-refractivity contribution in [3.8, 4) is 0 Å². The molecule has 0 heterocycles. The number of ketones is 1. The molecule has 2 rings (SSSR count). The zero-order valence-electron chi connectivity index (χ0n) is 9.13. The van der Waals surface area contributed by atoms with E-state index in [2.05, 4.69) is 41.6 Å². The molecular weight excluding hydrogens is 331 g/mol. The van der Waals surface area contributed by atoms with E-state index in [-0.39, 0.29) is 0 Å². The van der Waals surface area contributed by atoms with Crippen LogP contribution >= 0.6 is 34.4 Å². The summed E-state index contributed by atoms with van der Waals surface area (Å²) in [6, 6.07) is 8.20. The van der Waals surface area contributed by atoms with Crippen molar-refractivity contribution in [2.45, 2.75) is 31.1 Å². The molecule has 0 aliphatic heterocycles. The highest BCUT2D eigenvalue weighted by Gasteiger charge is 2.19. The Morgan fingerprint density at radius 1 is 1.25 bits per heavy atom. The first-order valence-corrected chi connectivity index (χ1v) is 7.23. The number of carbonyl (C=O) groups is 1. The lowest BCUT2D eigenvalue weighted by atomic mass is 10.00. The van der Waals surface area contributed by atoms with Crippen LogP contribution < -0.4 is 0 Å². The van der Waals surface area contributed by atoms with Crippen LogP contribution in [0.25, 0.3) is 0 Å². The van der Waals surface area contributed by atoms with Crippen LogP contribution in [0.1, 0.15) is 26.2 Å². The predicted octanol–water partition coefficient (Wildman–Crippen LogP) is 4.41. The summed E-state index contributed by atoms with van der Waals surface area (Å²) in [7, 11) is 0. The normalized spacial score (nSPS) is 16.8. The molecule has 0 radical (unpaired) electrons. The van der Waals surface area contributed by atoms with Gasteiger partial charge in [0, 0.05) is 14.9 Å². The smallest absolute Gasteiger partial charge is 0.169 e. The summed E-state index contributed by atoms with van der Waals surface area (Å²) in [4.78, 5) is 14.0. The van der Waals surface area contributed by atoms with Gasteiger partial charge in [-0.05, 0) is 54.5 Å². The van der Waals surface area contributed by atoms with Gasteiger partial charge in [0.15, 0.2) is 5.78 Å². The lowest BCUT2D eigenvalue weighted by Crippen LogP contribution is -2.07. The summed E-state index contributed by atoms with van der Waals surface area (Å²) >= 11 is 3.95. The molecule has 1 aromatic carbocycles. The highest BCUT2D eigenvalue weighted by Crippen LogP contribution is 2.36. The fourth-order valence-electron chi connectivity index (χ4n) is 1.76. The van der Waals surface area contributed by atoms with Crippen LogP contribution in [0.15, 0.2) is 39.6 Å².